The zero-order valence-corrected chi connectivity index (χ0v) is 29.9. The van der Waals surface area contributed by atoms with E-state index in [1.54, 1.807) is 97.1 Å². The van der Waals surface area contributed by atoms with Crippen molar-refractivity contribution in [3.8, 4) is 23.0 Å². The predicted octanol–water partition coefficient (Wildman–Crippen LogP) is 7.15. The van der Waals surface area contributed by atoms with Crippen molar-refractivity contribution in [2.75, 3.05) is 47.7 Å². The van der Waals surface area contributed by atoms with Gasteiger partial charge in [-0.15, -0.1) is 0 Å². The number of hydrogen-bond acceptors (Lipinski definition) is 8. The molecule has 274 valence electrons. The van der Waals surface area contributed by atoms with Crippen molar-refractivity contribution in [1.82, 2.24) is 0 Å². The van der Waals surface area contributed by atoms with Gasteiger partial charge in [0.1, 0.15) is 23.0 Å². The van der Waals surface area contributed by atoms with Crippen molar-refractivity contribution in [3.63, 3.8) is 0 Å². The molecule has 0 saturated heterocycles. The maximum absolute atomic E-state index is 14.1. The molecule has 2 atom stereocenters. The lowest BCUT2D eigenvalue weighted by atomic mass is 9.84. The third-order valence-electron chi connectivity index (χ3n) is 7.73. The molecule has 0 aliphatic heterocycles. The molecule has 12 nitrogen and oxygen atoms in total. The average molecular weight is 711 g/mol. The first kappa shape index (κ1) is 38.8. The number of rotatable bonds is 19. The molecule has 0 bridgehead atoms. The van der Waals surface area contributed by atoms with Crippen LogP contribution in [0.25, 0.3) is 0 Å². The minimum Gasteiger partial charge on any atom is -0.494 e. The molecule has 2 unspecified atom stereocenters. The molecule has 0 aliphatic carbocycles. The van der Waals surface area contributed by atoms with Crippen LogP contribution in [0.4, 0.5) is 22.7 Å². The van der Waals surface area contributed by atoms with E-state index in [1.165, 1.54) is 0 Å². The van der Waals surface area contributed by atoms with Crippen molar-refractivity contribution in [3.05, 3.63) is 97.1 Å². The molecule has 52 heavy (non-hydrogen) atoms. The highest BCUT2D eigenvalue weighted by molar-refractivity contribution is 6.05. The molecular formula is C40H46N4O8. The number of carbonyl (C=O) groups excluding carboxylic acids is 4. The van der Waals surface area contributed by atoms with E-state index >= 15 is 0 Å². The van der Waals surface area contributed by atoms with E-state index in [4.69, 9.17) is 18.9 Å². The summed E-state index contributed by atoms with van der Waals surface area (Å²) in [6.07, 6.45) is -0.818. The second-order valence-electron chi connectivity index (χ2n) is 11.5. The van der Waals surface area contributed by atoms with Crippen molar-refractivity contribution >= 4 is 46.4 Å². The van der Waals surface area contributed by atoms with E-state index in [0.29, 0.717) is 72.2 Å². The Kier molecular flexibility index (Phi) is 14.9. The Bertz CT molecular complexity index is 1610. The molecule has 4 rings (SSSR count). The SMILES string of the molecule is CCOc1ccc(NC(=O)CC(C(=O)Nc2ccc(OCC)cc2)C(CC(=O)Nc2ccc(OCC)cc2)C(=O)Nc2ccc(OCC)cc2)cc1. The Hall–Kier alpha value is -6.04. The van der Waals surface area contributed by atoms with Crippen LogP contribution < -0.4 is 40.2 Å². The van der Waals surface area contributed by atoms with Gasteiger partial charge in [-0.1, -0.05) is 0 Å². The van der Waals surface area contributed by atoms with Crippen LogP contribution in [0, 0.1) is 11.8 Å². The summed E-state index contributed by atoms with van der Waals surface area (Å²) in [4.78, 5) is 55.3. The Balaban J connectivity index is 1.64. The number of amides is 4. The Morgan fingerprint density at radius 3 is 0.865 bits per heavy atom. The molecule has 4 amide bonds. The zero-order valence-electron chi connectivity index (χ0n) is 29.9. The van der Waals surface area contributed by atoms with Crippen molar-refractivity contribution in [1.29, 1.82) is 0 Å². The maximum atomic E-state index is 14.1. The van der Waals surface area contributed by atoms with E-state index in [-0.39, 0.29) is 0 Å². The van der Waals surface area contributed by atoms with Gasteiger partial charge in [0.2, 0.25) is 23.6 Å². The van der Waals surface area contributed by atoms with Gasteiger partial charge in [-0.05, 0) is 125 Å². The van der Waals surface area contributed by atoms with E-state index in [2.05, 4.69) is 21.3 Å². The van der Waals surface area contributed by atoms with Crippen molar-refractivity contribution in [2.24, 2.45) is 11.8 Å². The highest BCUT2D eigenvalue weighted by Gasteiger charge is 2.37. The molecule has 0 aromatic heterocycles. The maximum Gasteiger partial charge on any atom is 0.228 e. The largest absolute Gasteiger partial charge is 0.494 e. The van der Waals surface area contributed by atoms with Crippen LogP contribution in [0.15, 0.2) is 97.1 Å². The third-order valence-corrected chi connectivity index (χ3v) is 7.73. The Morgan fingerprint density at radius 1 is 0.404 bits per heavy atom. The number of nitrogens with one attached hydrogen (secondary N) is 4. The van der Waals surface area contributed by atoms with Gasteiger partial charge in [-0.2, -0.15) is 0 Å². The smallest absolute Gasteiger partial charge is 0.228 e. The van der Waals surface area contributed by atoms with Gasteiger partial charge < -0.3 is 40.2 Å². The molecule has 0 spiro atoms. The third kappa shape index (κ3) is 12.1. The molecular weight excluding hydrogens is 664 g/mol. The topological polar surface area (TPSA) is 153 Å². The van der Waals surface area contributed by atoms with E-state index < -0.39 is 48.3 Å². The summed E-state index contributed by atoms with van der Waals surface area (Å²) in [7, 11) is 0. The first-order valence-corrected chi connectivity index (χ1v) is 17.3. The summed E-state index contributed by atoms with van der Waals surface area (Å²) >= 11 is 0. The van der Waals surface area contributed by atoms with Crippen molar-refractivity contribution in [2.45, 2.75) is 40.5 Å². The number of carbonyl (C=O) groups is 4. The van der Waals surface area contributed by atoms with Crippen LogP contribution in [0.3, 0.4) is 0 Å². The van der Waals surface area contributed by atoms with Gasteiger partial charge in [0, 0.05) is 35.6 Å². The molecule has 0 saturated carbocycles. The number of anilines is 4. The fourth-order valence-corrected chi connectivity index (χ4v) is 5.33. The quantitative estimate of drug-likeness (QED) is 0.0801. The van der Waals surface area contributed by atoms with Gasteiger partial charge in [0.25, 0.3) is 0 Å². The van der Waals surface area contributed by atoms with Gasteiger partial charge in [-0.3, -0.25) is 19.2 Å². The zero-order chi connectivity index (χ0) is 37.3. The highest BCUT2D eigenvalue weighted by Crippen LogP contribution is 2.28. The fourth-order valence-electron chi connectivity index (χ4n) is 5.33. The van der Waals surface area contributed by atoms with Crippen molar-refractivity contribution < 1.29 is 38.1 Å². The molecule has 0 fully saturated rings. The predicted molar refractivity (Wildman–Crippen MR) is 201 cm³/mol. The fraction of sp³-hybridized carbons (Fsp3) is 0.300. The van der Waals surface area contributed by atoms with Crippen LogP contribution in [0.2, 0.25) is 0 Å². The van der Waals surface area contributed by atoms with Gasteiger partial charge in [0.05, 0.1) is 38.3 Å². The molecule has 4 N–H and O–H groups in total. The van der Waals surface area contributed by atoms with Crippen LogP contribution >= 0.6 is 0 Å². The second-order valence-corrected chi connectivity index (χ2v) is 11.5. The minimum absolute atomic E-state index is 0.409. The minimum atomic E-state index is -1.27. The summed E-state index contributed by atoms with van der Waals surface area (Å²) < 4.78 is 22.0. The summed E-state index contributed by atoms with van der Waals surface area (Å²) in [5.41, 5.74) is 1.80. The average Bonchev–Trinajstić information content (AvgIpc) is 3.13. The van der Waals surface area contributed by atoms with Crippen LogP contribution in [-0.4, -0.2) is 50.1 Å². The van der Waals surface area contributed by atoms with Gasteiger partial charge in [0.15, 0.2) is 0 Å². The lowest BCUT2D eigenvalue weighted by Crippen LogP contribution is -2.40. The monoisotopic (exact) mass is 710 g/mol. The number of benzene rings is 4. The standard InChI is InChI=1S/C40H46N4O8/c1-5-49-31-17-9-27(10-18-31)41-37(45)25-35(39(47)43-29-13-21-33(22-14-29)51-7-3)36(40(48)44-30-15-23-34(24-16-30)52-8-4)26-38(46)42-28-11-19-32(20-12-28)50-6-2/h9-24,35-36H,5-8,25-26H2,1-4H3,(H,41,45)(H,42,46)(H,43,47)(H,44,48). The van der Waals surface area contributed by atoms with Gasteiger partial charge in [-0.25, -0.2) is 0 Å². The molecule has 0 heterocycles. The molecule has 4 aromatic carbocycles. The summed E-state index contributed by atoms with van der Waals surface area (Å²) in [6.45, 7) is 9.39. The first-order chi connectivity index (χ1) is 25.2. The highest BCUT2D eigenvalue weighted by atomic mass is 16.5. The lowest BCUT2D eigenvalue weighted by Gasteiger charge is -2.25. The second kappa shape index (κ2) is 20.0. The van der Waals surface area contributed by atoms with Gasteiger partial charge >= 0.3 is 0 Å². The van der Waals surface area contributed by atoms with E-state index in [0.717, 1.165) is 0 Å². The molecule has 4 aromatic rings. The van der Waals surface area contributed by atoms with Crippen LogP contribution in [-0.2, 0) is 19.2 Å². The summed E-state index contributed by atoms with van der Waals surface area (Å²) in [6, 6.07) is 27.0. The van der Waals surface area contributed by atoms with Crippen LogP contribution in [0.1, 0.15) is 40.5 Å². The lowest BCUT2D eigenvalue weighted by molar-refractivity contribution is -0.134. The first-order valence-electron chi connectivity index (χ1n) is 17.3. The summed E-state index contributed by atoms with van der Waals surface area (Å²) in [5, 5.41) is 11.3. The molecule has 0 aliphatic rings. The molecule has 12 heteroatoms. The van der Waals surface area contributed by atoms with E-state index in [1.807, 2.05) is 27.7 Å². The Morgan fingerprint density at radius 2 is 0.635 bits per heavy atom. The van der Waals surface area contributed by atoms with Crippen LogP contribution in [0.5, 0.6) is 23.0 Å². The normalized spacial score (nSPS) is 11.7. The Labute approximate surface area is 304 Å². The van der Waals surface area contributed by atoms with E-state index in [9.17, 15) is 19.2 Å². The number of hydrogen-bond donors (Lipinski definition) is 4. The molecule has 0 radical (unpaired) electrons. The number of ether oxygens (including phenoxy) is 4. The summed E-state index contributed by atoms with van der Waals surface area (Å²) in [5.74, 6) is -2.33.